The van der Waals surface area contributed by atoms with Gasteiger partial charge in [-0.15, -0.1) is 0 Å². The molecule has 0 saturated carbocycles. The Morgan fingerprint density at radius 2 is 2.19 bits per heavy atom. The lowest BCUT2D eigenvalue weighted by molar-refractivity contribution is -0.111. The third-order valence-electron chi connectivity index (χ3n) is 3.03. The summed E-state index contributed by atoms with van der Waals surface area (Å²) >= 11 is 0. The Labute approximate surface area is 95.2 Å². The Kier molecular flexibility index (Phi) is 3.39. The van der Waals surface area contributed by atoms with E-state index in [1.807, 2.05) is 18.3 Å². The number of anilines is 1. The maximum Gasteiger partial charge on any atom is 0.213 e. The van der Waals surface area contributed by atoms with Gasteiger partial charge < -0.3 is 14.4 Å². The van der Waals surface area contributed by atoms with Gasteiger partial charge in [0, 0.05) is 25.1 Å². The third kappa shape index (κ3) is 2.32. The highest BCUT2D eigenvalue weighted by atomic mass is 16.5. The maximum atomic E-state index is 10.6. The summed E-state index contributed by atoms with van der Waals surface area (Å²) in [5, 5.41) is 0. The van der Waals surface area contributed by atoms with E-state index < -0.39 is 0 Å². The second-order valence-corrected chi connectivity index (χ2v) is 4.02. The standard InChI is InChI=1S/C12H16N2O2/c1-16-12-3-2-11(8-13-12)14-6-4-10(9-15)5-7-14/h2-3,8-10H,4-7H2,1H3. The minimum atomic E-state index is 0.238. The summed E-state index contributed by atoms with van der Waals surface area (Å²) in [5.74, 6) is 0.869. The first-order chi connectivity index (χ1) is 7.83. The van der Waals surface area contributed by atoms with Crippen LogP contribution in [0.1, 0.15) is 12.8 Å². The van der Waals surface area contributed by atoms with Gasteiger partial charge in [-0.1, -0.05) is 0 Å². The maximum absolute atomic E-state index is 10.6. The normalized spacial score (nSPS) is 17.2. The van der Waals surface area contributed by atoms with E-state index in [-0.39, 0.29) is 5.92 Å². The van der Waals surface area contributed by atoms with Gasteiger partial charge in [-0.05, 0) is 18.9 Å². The van der Waals surface area contributed by atoms with Crippen molar-refractivity contribution in [3.05, 3.63) is 18.3 Å². The highest BCUT2D eigenvalue weighted by molar-refractivity contribution is 5.55. The predicted molar refractivity (Wildman–Crippen MR) is 61.8 cm³/mol. The minimum Gasteiger partial charge on any atom is -0.481 e. The lowest BCUT2D eigenvalue weighted by Crippen LogP contribution is -2.34. The summed E-state index contributed by atoms with van der Waals surface area (Å²) in [4.78, 5) is 17.1. The van der Waals surface area contributed by atoms with Crippen LogP contribution < -0.4 is 9.64 Å². The molecule has 0 bridgehead atoms. The van der Waals surface area contributed by atoms with Gasteiger partial charge in [-0.25, -0.2) is 4.98 Å². The van der Waals surface area contributed by atoms with Crippen LogP contribution in [0.4, 0.5) is 5.69 Å². The molecule has 0 spiro atoms. The molecule has 0 amide bonds. The van der Waals surface area contributed by atoms with Crippen LogP contribution in [0.5, 0.6) is 5.88 Å². The fourth-order valence-corrected chi connectivity index (χ4v) is 1.97. The molecule has 16 heavy (non-hydrogen) atoms. The lowest BCUT2D eigenvalue weighted by atomic mass is 9.98. The van der Waals surface area contributed by atoms with Crippen molar-refractivity contribution < 1.29 is 9.53 Å². The summed E-state index contributed by atoms with van der Waals surface area (Å²) in [6.45, 7) is 1.86. The number of piperidine rings is 1. The molecule has 0 radical (unpaired) electrons. The molecule has 4 heteroatoms. The van der Waals surface area contributed by atoms with Crippen molar-refractivity contribution in [1.29, 1.82) is 0 Å². The van der Waals surface area contributed by atoms with Gasteiger partial charge in [0.05, 0.1) is 19.0 Å². The average Bonchev–Trinajstić information content (AvgIpc) is 2.39. The number of methoxy groups -OCH3 is 1. The molecule has 1 aromatic rings. The molecule has 0 aromatic carbocycles. The molecule has 0 N–H and O–H groups in total. The van der Waals surface area contributed by atoms with E-state index in [2.05, 4.69) is 9.88 Å². The first-order valence-corrected chi connectivity index (χ1v) is 5.54. The van der Waals surface area contributed by atoms with Crippen molar-refractivity contribution in [2.24, 2.45) is 5.92 Å². The summed E-state index contributed by atoms with van der Waals surface area (Å²) in [5.41, 5.74) is 1.10. The number of aldehydes is 1. The largest absolute Gasteiger partial charge is 0.481 e. The third-order valence-corrected chi connectivity index (χ3v) is 3.03. The smallest absolute Gasteiger partial charge is 0.213 e. The number of aromatic nitrogens is 1. The Bertz CT molecular complexity index is 343. The molecule has 1 fully saturated rings. The van der Waals surface area contributed by atoms with Gasteiger partial charge in [0.1, 0.15) is 6.29 Å². The summed E-state index contributed by atoms with van der Waals surface area (Å²) in [6.07, 6.45) is 4.77. The Morgan fingerprint density at radius 1 is 1.44 bits per heavy atom. The quantitative estimate of drug-likeness (QED) is 0.724. The Morgan fingerprint density at radius 3 is 2.69 bits per heavy atom. The monoisotopic (exact) mass is 220 g/mol. The molecule has 2 heterocycles. The van der Waals surface area contributed by atoms with Crippen molar-refractivity contribution in [3.63, 3.8) is 0 Å². The van der Waals surface area contributed by atoms with E-state index in [1.54, 1.807) is 7.11 Å². The topological polar surface area (TPSA) is 42.4 Å². The van der Waals surface area contributed by atoms with Crippen LogP contribution in [0.15, 0.2) is 18.3 Å². The van der Waals surface area contributed by atoms with Crippen molar-refractivity contribution >= 4 is 12.0 Å². The van der Waals surface area contributed by atoms with Crippen molar-refractivity contribution in [3.8, 4) is 5.88 Å². The van der Waals surface area contributed by atoms with E-state index in [0.717, 1.165) is 37.9 Å². The minimum absolute atomic E-state index is 0.238. The van der Waals surface area contributed by atoms with Gasteiger partial charge in [-0.3, -0.25) is 0 Å². The fraction of sp³-hybridized carbons (Fsp3) is 0.500. The number of pyridine rings is 1. The molecule has 0 unspecified atom stereocenters. The zero-order valence-electron chi connectivity index (χ0n) is 9.43. The number of carbonyl (C=O) groups is 1. The molecule has 0 atom stereocenters. The molecule has 0 aliphatic carbocycles. The van der Waals surface area contributed by atoms with Crippen molar-refractivity contribution in [2.45, 2.75) is 12.8 Å². The Balaban J connectivity index is 1.99. The van der Waals surface area contributed by atoms with Crippen LogP contribution in [-0.4, -0.2) is 31.5 Å². The van der Waals surface area contributed by atoms with Gasteiger partial charge in [-0.2, -0.15) is 0 Å². The Hall–Kier alpha value is -1.58. The zero-order valence-corrected chi connectivity index (χ0v) is 9.43. The molecule has 1 aliphatic heterocycles. The molecule has 1 saturated heterocycles. The highest BCUT2D eigenvalue weighted by Gasteiger charge is 2.18. The second-order valence-electron chi connectivity index (χ2n) is 4.02. The van der Waals surface area contributed by atoms with Gasteiger partial charge in [0.25, 0.3) is 0 Å². The van der Waals surface area contributed by atoms with Gasteiger partial charge >= 0.3 is 0 Å². The SMILES string of the molecule is COc1ccc(N2CCC(C=O)CC2)cn1. The van der Waals surface area contributed by atoms with Crippen LogP contribution in [0.25, 0.3) is 0 Å². The summed E-state index contributed by atoms with van der Waals surface area (Å²) in [7, 11) is 1.61. The van der Waals surface area contributed by atoms with Gasteiger partial charge in [0.15, 0.2) is 0 Å². The number of hydrogen-bond acceptors (Lipinski definition) is 4. The number of nitrogens with zero attached hydrogens (tertiary/aromatic N) is 2. The highest BCUT2D eigenvalue weighted by Crippen LogP contribution is 2.22. The predicted octanol–water partition coefficient (Wildman–Crippen LogP) is 1.51. The van der Waals surface area contributed by atoms with Gasteiger partial charge in [0.2, 0.25) is 5.88 Å². The fourth-order valence-electron chi connectivity index (χ4n) is 1.97. The van der Waals surface area contributed by atoms with E-state index >= 15 is 0 Å². The summed E-state index contributed by atoms with van der Waals surface area (Å²) < 4.78 is 5.02. The van der Waals surface area contributed by atoms with Crippen LogP contribution in [0.3, 0.4) is 0 Å². The number of ether oxygens (including phenoxy) is 1. The van der Waals surface area contributed by atoms with E-state index in [1.165, 1.54) is 0 Å². The van der Waals surface area contributed by atoms with E-state index in [4.69, 9.17) is 4.74 Å². The number of carbonyl (C=O) groups excluding carboxylic acids is 1. The van der Waals surface area contributed by atoms with E-state index in [0.29, 0.717) is 5.88 Å². The second kappa shape index (κ2) is 4.96. The molecule has 1 aliphatic rings. The van der Waals surface area contributed by atoms with Crippen LogP contribution >= 0.6 is 0 Å². The average molecular weight is 220 g/mol. The zero-order chi connectivity index (χ0) is 11.4. The lowest BCUT2D eigenvalue weighted by Gasteiger charge is -2.31. The summed E-state index contributed by atoms with van der Waals surface area (Å²) in [6, 6.07) is 3.87. The van der Waals surface area contributed by atoms with Crippen LogP contribution in [0.2, 0.25) is 0 Å². The first kappa shape index (κ1) is 10.9. The van der Waals surface area contributed by atoms with E-state index in [9.17, 15) is 4.79 Å². The number of hydrogen-bond donors (Lipinski definition) is 0. The molecule has 2 rings (SSSR count). The molecule has 4 nitrogen and oxygen atoms in total. The molecule has 86 valence electrons. The van der Waals surface area contributed by atoms with Crippen LogP contribution in [0, 0.1) is 5.92 Å². The van der Waals surface area contributed by atoms with Crippen LogP contribution in [-0.2, 0) is 4.79 Å². The first-order valence-electron chi connectivity index (χ1n) is 5.54. The van der Waals surface area contributed by atoms with Crippen molar-refractivity contribution in [2.75, 3.05) is 25.1 Å². The molecule has 1 aromatic heterocycles. The number of rotatable bonds is 3. The van der Waals surface area contributed by atoms with Crippen molar-refractivity contribution in [1.82, 2.24) is 4.98 Å². The molecular weight excluding hydrogens is 204 g/mol. The molecular formula is C12H16N2O2.